The molecular formula is C16H21N3O. The fraction of sp³-hybridized carbons (Fsp3) is 0.438. The molecule has 0 atom stereocenters. The third-order valence-corrected chi connectivity index (χ3v) is 4.34. The van der Waals surface area contributed by atoms with Gasteiger partial charge >= 0.3 is 5.69 Å². The number of nitrogens with zero attached hydrogens (tertiary/aromatic N) is 2. The number of para-hydroxylation sites is 1. The standard InChI is InChI=1S/C16H21N3O/c1-12(2)18-9-10-19(15(18)20)14-6-4-3-5-13(14)16(11-17)7-8-16/h3-6,9-10,12H,7-8,11,17H2,1-2H3. The summed E-state index contributed by atoms with van der Waals surface area (Å²) in [6.45, 7) is 4.67. The fourth-order valence-electron chi connectivity index (χ4n) is 2.83. The van der Waals surface area contributed by atoms with Crippen LogP contribution in [0.3, 0.4) is 0 Å². The Bertz CT molecular complexity index is 677. The third kappa shape index (κ3) is 1.91. The van der Waals surface area contributed by atoms with Crippen molar-refractivity contribution in [1.82, 2.24) is 9.13 Å². The Morgan fingerprint density at radius 1 is 1.25 bits per heavy atom. The van der Waals surface area contributed by atoms with Gasteiger partial charge in [0.15, 0.2) is 0 Å². The summed E-state index contributed by atoms with van der Waals surface area (Å²) < 4.78 is 3.49. The van der Waals surface area contributed by atoms with Crippen molar-refractivity contribution in [2.24, 2.45) is 5.73 Å². The molecule has 1 aliphatic carbocycles. The van der Waals surface area contributed by atoms with Gasteiger partial charge in [-0.2, -0.15) is 0 Å². The molecule has 1 aliphatic rings. The molecule has 4 nitrogen and oxygen atoms in total. The predicted molar refractivity (Wildman–Crippen MR) is 80.4 cm³/mol. The minimum atomic E-state index is 0.0141. The zero-order chi connectivity index (χ0) is 14.3. The van der Waals surface area contributed by atoms with Crippen LogP contribution in [0.5, 0.6) is 0 Å². The Kier molecular flexibility index (Phi) is 3.05. The molecule has 0 radical (unpaired) electrons. The average Bonchev–Trinajstić information content (AvgIpc) is 3.15. The maximum absolute atomic E-state index is 12.5. The third-order valence-electron chi connectivity index (χ3n) is 4.34. The number of hydrogen-bond acceptors (Lipinski definition) is 2. The Hall–Kier alpha value is -1.81. The molecule has 3 rings (SSSR count). The van der Waals surface area contributed by atoms with Gasteiger partial charge in [-0.3, -0.25) is 9.13 Å². The first-order chi connectivity index (χ1) is 9.59. The van der Waals surface area contributed by atoms with Crippen molar-refractivity contribution in [2.75, 3.05) is 6.54 Å². The maximum Gasteiger partial charge on any atom is 0.332 e. The summed E-state index contributed by atoms with van der Waals surface area (Å²) in [5, 5.41) is 0. The van der Waals surface area contributed by atoms with E-state index in [1.54, 1.807) is 9.13 Å². The summed E-state index contributed by atoms with van der Waals surface area (Å²) in [7, 11) is 0. The summed E-state index contributed by atoms with van der Waals surface area (Å²) in [5.41, 5.74) is 8.21. The Labute approximate surface area is 118 Å². The van der Waals surface area contributed by atoms with Gasteiger partial charge in [0.1, 0.15) is 0 Å². The summed E-state index contributed by atoms with van der Waals surface area (Å²) >= 11 is 0. The van der Waals surface area contributed by atoms with Crippen molar-refractivity contribution in [3.8, 4) is 5.69 Å². The van der Waals surface area contributed by atoms with E-state index in [1.807, 2.05) is 44.4 Å². The fourth-order valence-corrected chi connectivity index (χ4v) is 2.83. The first kappa shape index (κ1) is 13.2. The zero-order valence-corrected chi connectivity index (χ0v) is 12.0. The normalized spacial score (nSPS) is 16.6. The lowest BCUT2D eigenvalue weighted by Gasteiger charge is -2.17. The van der Waals surface area contributed by atoms with Gasteiger partial charge in [-0.25, -0.2) is 4.79 Å². The van der Waals surface area contributed by atoms with E-state index in [4.69, 9.17) is 5.73 Å². The minimum Gasteiger partial charge on any atom is -0.330 e. The van der Waals surface area contributed by atoms with Gasteiger partial charge in [0, 0.05) is 30.4 Å². The first-order valence-corrected chi connectivity index (χ1v) is 7.18. The topological polar surface area (TPSA) is 52.9 Å². The van der Waals surface area contributed by atoms with E-state index < -0.39 is 0 Å². The van der Waals surface area contributed by atoms with E-state index in [-0.39, 0.29) is 17.1 Å². The number of benzene rings is 1. The Morgan fingerprint density at radius 2 is 1.95 bits per heavy atom. The summed E-state index contributed by atoms with van der Waals surface area (Å²) in [6.07, 6.45) is 5.93. The van der Waals surface area contributed by atoms with Gasteiger partial charge in [-0.1, -0.05) is 18.2 Å². The van der Waals surface area contributed by atoms with Gasteiger partial charge in [-0.05, 0) is 38.3 Å². The van der Waals surface area contributed by atoms with Crippen LogP contribution < -0.4 is 11.4 Å². The monoisotopic (exact) mass is 271 g/mol. The van der Waals surface area contributed by atoms with E-state index in [1.165, 1.54) is 5.56 Å². The van der Waals surface area contributed by atoms with Crippen molar-refractivity contribution >= 4 is 0 Å². The highest BCUT2D eigenvalue weighted by Gasteiger charge is 2.44. The van der Waals surface area contributed by atoms with Crippen LogP contribution in [0.1, 0.15) is 38.3 Å². The summed E-state index contributed by atoms with van der Waals surface area (Å²) in [6, 6.07) is 8.29. The van der Waals surface area contributed by atoms with Gasteiger partial charge in [0.2, 0.25) is 0 Å². The molecule has 0 saturated heterocycles. The molecule has 0 bridgehead atoms. The molecule has 2 N–H and O–H groups in total. The molecule has 1 saturated carbocycles. The van der Waals surface area contributed by atoms with Crippen LogP contribution in [0.15, 0.2) is 41.5 Å². The maximum atomic E-state index is 12.5. The van der Waals surface area contributed by atoms with E-state index in [2.05, 4.69) is 6.07 Å². The van der Waals surface area contributed by atoms with Crippen LogP contribution in [0.2, 0.25) is 0 Å². The van der Waals surface area contributed by atoms with E-state index in [0.717, 1.165) is 18.5 Å². The second-order valence-corrected chi connectivity index (χ2v) is 5.95. The van der Waals surface area contributed by atoms with E-state index in [0.29, 0.717) is 6.54 Å². The van der Waals surface area contributed by atoms with Crippen molar-refractivity contribution in [3.63, 3.8) is 0 Å². The Morgan fingerprint density at radius 3 is 2.50 bits per heavy atom. The lowest BCUT2D eigenvalue weighted by Crippen LogP contribution is -2.27. The Balaban J connectivity index is 2.14. The van der Waals surface area contributed by atoms with Crippen LogP contribution in [-0.2, 0) is 5.41 Å². The van der Waals surface area contributed by atoms with E-state index >= 15 is 0 Å². The molecule has 0 aliphatic heterocycles. The largest absolute Gasteiger partial charge is 0.332 e. The highest BCUT2D eigenvalue weighted by molar-refractivity contribution is 5.48. The molecule has 2 aromatic rings. The number of aromatic nitrogens is 2. The van der Waals surface area contributed by atoms with Crippen molar-refractivity contribution in [2.45, 2.75) is 38.1 Å². The number of imidazole rings is 1. The van der Waals surface area contributed by atoms with Crippen LogP contribution in [0.25, 0.3) is 5.69 Å². The molecule has 1 aromatic carbocycles. The molecule has 4 heteroatoms. The van der Waals surface area contributed by atoms with Gasteiger partial charge in [0.25, 0.3) is 0 Å². The predicted octanol–water partition coefficient (Wildman–Crippen LogP) is 2.21. The molecule has 0 unspecified atom stereocenters. The van der Waals surface area contributed by atoms with Gasteiger partial charge < -0.3 is 5.73 Å². The number of hydrogen-bond donors (Lipinski definition) is 1. The molecule has 1 fully saturated rings. The van der Waals surface area contributed by atoms with Crippen LogP contribution in [0.4, 0.5) is 0 Å². The van der Waals surface area contributed by atoms with Gasteiger partial charge in [0.05, 0.1) is 5.69 Å². The van der Waals surface area contributed by atoms with Crippen molar-refractivity contribution < 1.29 is 0 Å². The van der Waals surface area contributed by atoms with Crippen molar-refractivity contribution in [1.29, 1.82) is 0 Å². The SMILES string of the molecule is CC(C)n1ccn(-c2ccccc2C2(CN)CC2)c1=O. The zero-order valence-electron chi connectivity index (χ0n) is 12.0. The molecule has 106 valence electrons. The molecule has 0 amide bonds. The smallest absolute Gasteiger partial charge is 0.330 e. The van der Waals surface area contributed by atoms with Crippen LogP contribution in [0, 0.1) is 0 Å². The van der Waals surface area contributed by atoms with E-state index in [9.17, 15) is 4.79 Å². The summed E-state index contributed by atoms with van der Waals surface area (Å²) in [4.78, 5) is 12.5. The number of rotatable bonds is 4. The minimum absolute atomic E-state index is 0.0141. The second-order valence-electron chi connectivity index (χ2n) is 5.95. The second kappa shape index (κ2) is 4.63. The average molecular weight is 271 g/mol. The first-order valence-electron chi connectivity index (χ1n) is 7.18. The summed E-state index contributed by atoms with van der Waals surface area (Å²) in [5.74, 6) is 0. The van der Waals surface area contributed by atoms with Crippen LogP contribution in [-0.4, -0.2) is 15.7 Å². The molecule has 0 spiro atoms. The molecule has 1 aromatic heterocycles. The number of nitrogens with two attached hydrogens (primary N) is 1. The van der Waals surface area contributed by atoms with Crippen molar-refractivity contribution in [3.05, 3.63) is 52.7 Å². The highest BCUT2D eigenvalue weighted by atomic mass is 16.1. The lowest BCUT2D eigenvalue weighted by atomic mass is 9.94. The van der Waals surface area contributed by atoms with Crippen LogP contribution >= 0.6 is 0 Å². The quantitative estimate of drug-likeness (QED) is 0.927. The lowest BCUT2D eigenvalue weighted by molar-refractivity contribution is 0.573. The molecule has 1 heterocycles. The highest BCUT2D eigenvalue weighted by Crippen LogP contribution is 2.48. The van der Waals surface area contributed by atoms with Gasteiger partial charge in [-0.15, -0.1) is 0 Å². The molecular weight excluding hydrogens is 250 g/mol. The molecule has 20 heavy (non-hydrogen) atoms.